The molecular formula is C20H23NO5S. The Kier molecular flexibility index (Phi) is 5.70. The summed E-state index contributed by atoms with van der Waals surface area (Å²) >= 11 is 0. The summed E-state index contributed by atoms with van der Waals surface area (Å²) in [6.45, 7) is 0.342. The third kappa shape index (κ3) is 4.60. The lowest BCUT2D eigenvalue weighted by Gasteiger charge is -2.28. The summed E-state index contributed by atoms with van der Waals surface area (Å²) in [4.78, 5) is 14.8. The van der Waals surface area contributed by atoms with E-state index in [9.17, 15) is 13.2 Å². The highest BCUT2D eigenvalue weighted by molar-refractivity contribution is 7.91. The molecule has 1 aliphatic rings. The third-order valence-corrected chi connectivity index (χ3v) is 6.51. The molecule has 1 unspecified atom stereocenters. The van der Waals surface area contributed by atoms with Crippen molar-refractivity contribution in [2.24, 2.45) is 0 Å². The van der Waals surface area contributed by atoms with Crippen LogP contribution in [0.5, 0.6) is 11.5 Å². The number of amides is 1. The van der Waals surface area contributed by atoms with E-state index >= 15 is 0 Å². The van der Waals surface area contributed by atoms with Gasteiger partial charge in [0.2, 0.25) is 0 Å². The predicted molar refractivity (Wildman–Crippen MR) is 103 cm³/mol. The van der Waals surface area contributed by atoms with Crippen molar-refractivity contribution in [1.82, 2.24) is 4.90 Å². The van der Waals surface area contributed by atoms with E-state index in [1.165, 1.54) is 0 Å². The van der Waals surface area contributed by atoms with Crippen LogP contribution in [0.15, 0.2) is 48.5 Å². The topological polar surface area (TPSA) is 72.9 Å². The Morgan fingerprint density at radius 1 is 1.00 bits per heavy atom. The molecule has 6 nitrogen and oxygen atoms in total. The van der Waals surface area contributed by atoms with E-state index in [1.807, 2.05) is 24.3 Å². The van der Waals surface area contributed by atoms with E-state index in [-0.39, 0.29) is 23.5 Å². The maximum absolute atomic E-state index is 13.1. The van der Waals surface area contributed by atoms with Crippen LogP contribution in [-0.4, -0.2) is 51.0 Å². The van der Waals surface area contributed by atoms with Crippen molar-refractivity contribution in [2.45, 2.75) is 19.0 Å². The summed E-state index contributed by atoms with van der Waals surface area (Å²) in [6.07, 6.45) is 0.459. The molecule has 2 aromatic rings. The quantitative estimate of drug-likeness (QED) is 0.759. The fourth-order valence-electron chi connectivity index (χ4n) is 3.21. The predicted octanol–water partition coefficient (Wildman–Crippen LogP) is 2.53. The molecule has 0 aromatic heterocycles. The fourth-order valence-corrected chi connectivity index (χ4v) is 4.95. The number of carbonyl (C=O) groups is 1. The van der Waals surface area contributed by atoms with Gasteiger partial charge < -0.3 is 14.4 Å². The van der Waals surface area contributed by atoms with Gasteiger partial charge in [0.15, 0.2) is 9.84 Å². The SMILES string of the molecule is COc1ccc(CN(C(=O)c2ccc(OC)cc2)C2CCS(=O)(=O)C2)cc1. The van der Waals surface area contributed by atoms with E-state index < -0.39 is 9.84 Å². The Morgan fingerprint density at radius 2 is 1.56 bits per heavy atom. The van der Waals surface area contributed by atoms with Gasteiger partial charge in [-0.3, -0.25) is 4.79 Å². The summed E-state index contributed by atoms with van der Waals surface area (Å²) in [6, 6.07) is 14.0. The first-order valence-electron chi connectivity index (χ1n) is 8.70. The van der Waals surface area contributed by atoms with Crippen LogP contribution in [0.1, 0.15) is 22.3 Å². The molecule has 0 bridgehead atoms. The zero-order valence-electron chi connectivity index (χ0n) is 15.4. The summed E-state index contributed by atoms with van der Waals surface area (Å²) in [5.41, 5.74) is 1.43. The summed E-state index contributed by atoms with van der Waals surface area (Å²) in [5, 5.41) is 0. The second-order valence-corrected chi connectivity index (χ2v) is 8.80. The second-order valence-electron chi connectivity index (χ2n) is 6.57. The van der Waals surface area contributed by atoms with Crippen molar-refractivity contribution in [3.05, 3.63) is 59.7 Å². The van der Waals surface area contributed by atoms with Crippen LogP contribution < -0.4 is 9.47 Å². The van der Waals surface area contributed by atoms with Gasteiger partial charge in [0.1, 0.15) is 11.5 Å². The number of carbonyl (C=O) groups excluding carboxylic acids is 1. The minimum absolute atomic E-state index is 0.00501. The van der Waals surface area contributed by atoms with Crippen LogP contribution >= 0.6 is 0 Å². The van der Waals surface area contributed by atoms with Gasteiger partial charge in [-0.25, -0.2) is 8.42 Å². The molecule has 0 radical (unpaired) electrons. The molecule has 7 heteroatoms. The number of hydrogen-bond donors (Lipinski definition) is 0. The zero-order valence-corrected chi connectivity index (χ0v) is 16.2. The van der Waals surface area contributed by atoms with Gasteiger partial charge in [0.05, 0.1) is 25.7 Å². The number of methoxy groups -OCH3 is 2. The highest BCUT2D eigenvalue weighted by Crippen LogP contribution is 2.24. The Labute approximate surface area is 159 Å². The van der Waals surface area contributed by atoms with E-state index in [2.05, 4.69) is 0 Å². The van der Waals surface area contributed by atoms with Crippen LogP contribution in [0, 0.1) is 0 Å². The number of sulfone groups is 1. The van der Waals surface area contributed by atoms with E-state index in [1.54, 1.807) is 43.4 Å². The van der Waals surface area contributed by atoms with Crippen molar-refractivity contribution < 1.29 is 22.7 Å². The standard InChI is InChI=1S/C20H23NO5S/c1-25-18-7-3-15(4-8-18)13-21(17-11-12-27(23,24)14-17)20(22)16-5-9-19(26-2)10-6-16/h3-10,17H,11-14H2,1-2H3. The summed E-state index contributed by atoms with van der Waals surface area (Å²) in [5.74, 6) is 1.33. The van der Waals surface area contributed by atoms with Gasteiger partial charge in [-0.15, -0.1) is 0 Å². The number of benzene rings is 2. The molecule has 1 heterocycles. The Bertz CT molecular complexity index is 891. The van der Waals surface area contributed by atoms with Crippen LogP contribution in [-0.2, 0) is 16.4 Å². The lowest BCUT2D eigenvalue weighted by Crippen LogP contribution is -2.40. The average molecular weight is 389 g/mol. The van der Waals surface area contributed by atoms with Crippen LogP contribution in [0.4, 0.5) is 0 Å². The van der Waals surface area contributed by atoms with E-state index in [4.69, 9.17) is 9.47 Å². The first-order valence-corrected chi connectivity index (χ1v) is 10.5. The molecule has 0 N–H and O–H groups in total. The molecule has 0 spiro atoms. The number of hydrogen-bond acceptors (Lipinski definition) is 5. The van der Waals surface area contributed by atoms with Gasteiger partial charge in [-0.1, -0.05) is 12.1 Å². The van der Waals surface area contributed by atoms with E-state index in [0.29, 0.717) is 24.3 Å². The smallest absolute Gasteiger partial charge is 0.254 e. The number of rotatable bonds is 6. The van der Waals surface area contributed by atoms with Gasteiger partial charge in [-0.2, -0.15) is 0 Å². The first-order chi connectivity index (χ1) is 12.9. The molecule has 1 fully saturated rings. The number of nitrogens with zero attached hydrogens (tertiary/aromatic N) is 1. The normalized spacial score (nSPS) is 18.1. The van der Waals surface area contributed by atoms with Crippen molar-refractivity contribution in [1.29, 1.82) is 0 Å². The van der Waals surface area contributed by atoms with Gasteiger partial charge in [-0.05, 0) is 48.4 Å². The lowest BCUT2D eigenvalue weighted by atomic mass is 10.1. The first kappa shape index (κ1) is 19.2. The maximum atomic E-state index is 13.1. The Balaban J connectivity index is 1.87. The van der Waals surface area contributed by atoms with Crippen LogP contribution in [0.3, 0.4) is 0 Å². The molecule has 2 aromatic carbocycles. The van der Waals surface area contributed by atoms with Gasteiger partial charge in [0, 0.05) is 18.2 Å². The molecule has 1 saturated heterocycles. The molecule has 0 saturated carbocycles. The minimum Gasteiger partial charge on any atom is -0.497 e. The second kappa shape index (κ2) is 8.00. The monoisotopic (exact) mass is 389 g/mol. The van der Waals surface area contributed by atoms with Crippen LogP contribution in [0.25, 0.3) is 0 Å². The molecule has 1 atom stereocenters. The maximum Gasteiger partial charge on any atom is 0.254 e. The molecule has 3 rings (SSSR count). The van der Waals surface area contributed by atoms with Crippen molar-refractivity contribution in [2.75, 3.05) is 25.7 Å². The largest absolute Gasteiger partial charge is 0.497 e. The van der Waals surface area contributed by atoms with E-state index in [0.717, 1.165) is 11.3 Å². The molecule has 1 aliphatic heterocycles. The van der Waals surface area contributed by atoms with Gasteiger partial charge >= 0.3 is 0 Å². The molecular weight excluding hydrogens is 366 g/mol. The van der Waals surface area contributed by atoms with Crippen LogP contribution in [0.2, 0.25) is 0 Å². The highest BCUT2D eigenvalue weighted by Gasteiger charge is 2.35. The average Bonchev–Trinajstić information content (AvgIpc) is 3.05. The number of ether oxygens (including phenoxy) is 2. The summed E-state index contributed by atoms with van der Waals surface area (Å²) < 4.78 is 34.2. The lowest BCUT2D eigenvalue weighted by molar-refractivity contribution is 0.0681. The van der Waals surface area contributed by atoms with Gasteiger partial charge in [0.25, 0.3) is 5.91 Å². The minimum atomic E-state index is -3.10. The third-order valence-electron chi connectivity index (χ3n) is 4.76. The summed E-state index contributed by atoms with van der Waals surface area (Å²) in [7, 11) is 0.0571. The molecule has 144 valence electrons. The Hall–Kier alpha value is -2.54. The Morgan fingerprint density at radius 3 is 2.04 bits per heavy atom. The van der Waals surface area contributed by atoms with Crippen molar-refractivity contribution in [3.8, 4) is 11.5 Å². The fraction of sp³-hybridized carbons (Fsp3) is 0.350. The van der Waals surface area contributed by atoms with Crippen molar-refractivity contribution in [3.63, 3.8) is 0 Å². The molecule has 1 amide bonds. The zero-order chi connectivity index (χ0) is 19.4. The van der Waals surface area contributed by atoms with Crippen molar-refractivity contribution >= 4 is 15.7 Å². The molecule has 0 aliphatic carbocycles. The highest BCUT2D eigenvalue weighted by atomic mass is 32.2. The molecule has 27 heavy (non-hydrogen) atoms.